The predicted octanol–water partition coefficient (Wildman–Crippen LogP) is -0.959. The molecule has 0 aliphatic carbocycles. The molecule has 0 N–H and O–H groups in total. The molecule has 1 saturated heterocycles. The van der Waals surface area contributed by atoms with Crippen LogP contribution in [0.4, 0.5) is 2.81 Å². The second kappa shape index (κ2) is 1.89. The second-order valence-electron chi connectivity index (χ2n) is 0.970. The number of hydrogen-bond donors (Lipinski definition) is 0. The minimum absolute atomic E-state index is 1.20. The fourth-order valence-corrected chi connectivity index (χ4v) is 1.50. The molecule has 6 heteroatoms. The second-order valence-corrected chi connectivity index (χ2v) is 3.23. The Morgan fingerprint density at radius 2 is 1.62 bits per heavy atom. The first-order valence-electron chi connectivity index (χ1n) is 1.60. The normalized spacial score (nSPS) is 20.6. The Labute approximate surface area is 52.4 Å². The van der Waals surface area contributed by atoms with Crippen molar-refractivity contribution in [1.29, 1.82) is 0 Å². The number of rotatable bonds is 0. The molecule has 0 amide bonds. The first-order chi connectivity index (χ1) is 3.70. The maximum atomic E-state index is 11.7. The average Bonchev–Trinajstić information content (AvgIpc) is 1.85. The molecule has 0 radical (unpaired) electrons. The Kier molecular flexibility index (Phi) is 1.38. The van der Waals surface area contributed by atoms with Gasteiger partial charge in [-0.1, -0.05) is 0 Å². The molecule has 44 valence electrons. The topological polar surface area (TPSA) is 52.6 Å². The van der Waals surface area contributed by atoms with Crippen molar-refractivity contribution < 1.29 is 18.4 Å². The van der Waals surface area contributed by atoms with Crippen LogP contribution in [-0.4, -0.2) is 33.6 Å². The molecule has 0 aromatic heterocycles. The van der Waals surface area contributed by atoms with E-state index in [1.54, 1.807) is 0 Å². The molecule has 0 aromatic rings. The summed E-state index contributed by atoms with van der Waals surface area (Å²) >= 11 is -3.74. The summed E-state index contributed by atoms with van der Waals surface area (Å²) in [4.78, 5) is 19.8. The van der Waals surface area contributed by atoms with E-state index in [1.165, 1.54) is 0 Å². The van der Waals surface area contributed by atoms with Gasteiger partial charge < -0.3 is 0 Å². The summed E-state index contributed by atoms with van der Waals surface area (Å²) < 4.78 is 19.3. The third kappa shape index (κ3) is 0.915. The van der Waals surface area contributed by atoms with Crippen LogP contribution in [0.15, 0.2) is 0 Å². The van der Waals surface area contributed by atoms with Crippen molar-refractivity contribution in [3.63, 3.8) is 0 Å². The van der Waals surface area contributed by atoms with Gasteiger partial charge in [0.25, 0.3) is 0 Å². The number of halogens is 1. The van der Waals surface area contributed by atoms with Gasteiger partial charge >= 0.3 is 52.0 Å². The Hall–Kier alpha value is -0.312. The Morgan fingerprint density at radius 1 is 1.25 bits per heavy atom. The van der Waals surface area contributed by atoms with E-state index >= 15 is 0 Å². The van der Waals surface area contributed by atoms with E-state index in [2.05, 4.69) is 6.03 Å². The first-order valence-corrected chi connectivity index (χ1v) is 4.65. The Balaban J connectivity index is 2.64. The van der Waals surface area contributed by atoms with E-state index in [1.807, 2.05) is 0 Å². The predicted molar refractivity (Wildman–Crippen MR) is 19.0 cm³/mol. The Morgan fingerprint density at radius 3 is 1.75 bits per heavy atom. The van der Waals surface area contributed by atoms with Crippen LogP contribution in [-0.2, 0) is 15.6 Å². The van der Waals surface area contributed by atoms with Crippen LogP contribution in [0.2, 0.25) is 0 Å². The van der Waals surface area contributed by atoms with Crippen molar-refractivity contribution in [2.24, 2.45) is 0 Å². The summed E-state index contributed by atoms with van der Waals surface area (Å²) in [6.07, 6.45) is 0. The van der Waals surface area contributed by atoms with E-state index in [-0.39, 0.29) is 0 Å². The number of hydrogen-bond acceptors (Lipinski definition) is 4. The molecule has 1 aliphatic heterocycles. The first kappa shape index (κ1) is 5.82. The standard InChI is InChI=1S/C2H2O4.FH.Sb/c3-1(4)2(5)6;;/h(H,3,4)(H,5,6);1H;/q;;+3/p-3. The fraction of sp³-hybridized carbons (Fsp3) is 0. The van der Waals surface area contributed by atoms with Crippen molar-refractivity contribution in [2.75, 3.05) is 0 Å². The van der Waals surface area contributed by atoms with Gasteiger partial charge in [0, 0.05) is 0 Å². The fourth-order valence-electron chi connectivity index (χ4n) is 0.224. The van der Waals surface area contributed by atoms with Gasteiger partial charge in [0.15, 0.2) is 0 Å². The van der Waals surface area contributed by atoms with Crippen LogP contribution in [0.5, 0.6) is 0 Å². The minimum atomic E-state index is -3.74. The van der Waals surface area contributed by atoms with Crippen LogP contribution >= 0.6 is 0 Å². The van der Waals surface area contributed by atoms with Crippen molar-refractivity contribution in [1.82, 2.24) is 0 Å². The third-order valence-corrected chi connectivity index (χ3v) is 2.24. The third-order valence-electron chi connectivity index (χ3n) is 0.476. The molecule has 0 atom stereocenters. The quantitative estimate of drug-likeness (QED) is 0.396. The molecule has 0 saturated carbocycles. The summed E-state index contributed by atoms with van der Waals surface area (Å²) in [6.45, 7) is 0. The zero-order valence-corrected chi connectivity index (χ0v) is 6.01. The van der Waals surface area contributed by atoms with Crippen LogP contribution in [0.1, 0.15) is 0 Å². The van der Waals surface area contributed by atoms with E-state index < -0.39 is 33.6 Å². The summed E-state index contributed by atoms with van der Waals surface area (Å²) in [7, 11) is 0. The van der Waals surface area contributed by atoms with Gasteiger partial charge in [-0.3, -0.25) is 0 Å². The van der Waals surface area contributed by atoms with E-state index in [9.17, 15) is 12.4 Å². The van der Waals surface area contributed by atoms with Gasteiger partial charge in [-0.05, 0) is 0 Å². The van der Waals surface area contributed by atoms with Crippen molar-refractivity contribution in [3.05, 3.63) is 0 Å². The molecule has 1 aliphatic rings. The summed E-state index contributed by atoms with van der Waals surface area (Å²) in [5.74, 6) is -2.40. The zero-order chi connectivity index (χ0) is 6.15. The van der Waals surface area contributed by atoms with Gasteiger partial charge in [0.2, 0.25) is 0 Å². The van der Waals surface area contributed by atoms with Crippen molar-refractivity contribution in [2.45, 2.75) is 0 Å². The monoisotopic (exact) mass is 228 g/mol. The molecular weight excluding hydrogens is 229 g/mol. The van der Waals surface area contributed by atoms with Crippen LogP contribution in [0.25, 0.3) is 0 Å². The van der Waals surface area contributed by atoms with E-state index in [4.69, 9.17) is 0 Å². The molecule has 0 unspecified atom stereocenters. The summed E-state index contributed by atoms with van der Waals surface area (Å²) in [5.41, 5.74) is 0. The van der Waals surface area contributed by atoms with Crippen LogP contribution in [0.3, 0.4) is 0 Å². The van der Waals surface area contributed by atoms with Gasteiger partial charge in [0.1, 0.15) is 0 Å². The molecule has 1 rings (SSSR count). The zero-order valence-electron chi connectivity index (χ0n) is 3.46. The molecule has 8 heavy (non-hydrogen) atoms. The van der Waals surface area contributed by atoms with E-state index in [0.717, 1.165) is 0 Å². The molecule has 1 heterocycles. The SMILES string of the molecule is O=C1[O][Sb]([F])[O]C1=O. The van der Waals surface area contributed by atoms with E-state index in [0.29, 0.717) is 0 Å². The molecule has 0 spiro atoms. The summed E-state index contributed by atoms with van der Waals surface area (Å²) in [5, 5.41) is 0. The average molecular weight is 229 g/mol. The maximum absolute atomic E-state index is 11.7. The molecule has 4 nitrogen and oxygen atoms in total. The molecule has 0 bridgehead atoms. The summed E-state index contributed by atoms with van der Waals surface area (Å²) in [6, 6.07) is 0. The number of carbonyl (C=O) groups is 2. The van der Waals surface area contributed by atoms with Crippen molar-refractivity contribution >= 4 is 33.6 Å². The van der Waals surface area contributed by atoms with Gasteiger partial charge in [-0.15, -0.1) is 0 Å². The molecule has 0 aromatic carbocycles. The molecule has 1 fully saturated rings. The van der Waals surface area contributed by atoms with Crippen LogP contribution in [0, 0.1) is 0 Å². The Bertz CT molecular complexity index is 129. The number of carbonyl (C=O) groups excluding carboxylic acids is 2. The van der Waals surface area contributed by atoms with Gasteiger partial charge in [-0.2, -0.15) is 0 Å². The van der Waals surface area contributed by atoms with Gasteiger partial charge in [0.05, 0.1) is 0 Å². The van der Waals surface area contributed by atoms with Crippen LogP contribution < -0.4 is 0 Å². The van der Waals surface area contributed by atoms with Gasteiger partial charge in [-0.25, -0.2) is 0 Å². The molecular formula is C2FO4Sb. The van der Waals surface area contributed by atoms with Crippen molar-refractivity contribution in [3.8, 4) is 0 Å².